The second kappa shape index (κ2) is 5.57. The predicted molar refractivity (Wildman–Crippen MR) is 81.2 cm³/mol. The Morgan fingerprint density at radius 1 is 1.27 bits per heavy atom. The lowest BCUT2D eigenvalue weighted by atomic mass is 10.1. The summed E-state index contributed by atoms with van der Waals surface area (Å²) < 4.78 is 5.04. The molecular formula is C17H19N3O2. The van der Waals surface area contributed by atoms with Crippen LogP contribution in [-0.4, -0.2) is 45.9 Å². The number of nitrogens with zero attached hydrogens (tertiary/aromatic N) is 3. The van der Waals surface area contributed by atoms with Crippen LogP contribution < -0.4 is 0 Å². The number of carbonyl (C=O) groups excluding carboxylic acids is 1. The van der Waals surface area contributed by atoms with Crippen molar-refractivity contribution in [3.63, 3.8) is 0 Å². The fourth-order valence-electron chi connectivity index (χ4n) is 3.80. The minimum absolute atomic E-state index is 0.101. The average Bonchev–Trinajstić information content (AvgIpc) is 3.26. The van der Waals surface area contributed by atoms with Gasteiger partial charge in [0.1, 0.15) is 6.26 Å². The maximum Gasteiger partial charge on any atom is 0.257 e. The molecule has 2 aromatic heterocycles. The maximum atomic E-state index is 12.6. The molecule has 0 radical (unpaired) electrons. The van der Waals surface area contributed by atoms with E-state index in [1.807, 2.05) is 17.2 Å². The molecule has 114 valence electrons. The third-order valence-corrected chi connectivity index (χ3v) is 4.83. The van der Waals surface area contributed by atoms with Crippen molar-refractivity contribution in [1.82, 2.24) is 14.8 Å². The number of amides is 1. The first-order valence-electron chi connectivity index (χ1n) is 7.79. The topological polar surface area (TPSA) is 49.6 Å². The molecule has 0 aromatic carbocycles. The van der Waals surface area contributed by atoms with Gasteiger partial charge in [0.25, 0.3) is 5.91 Å². The van der Waals surface area contributed by atoms with Crippen molar-refractivity contribution in [3.05, 3.63) is 54.2 Å². The molecule has 2 aromatic rings. The number of rotatable bonds is 3. The highest BCUT2D eigenvalue weighted by Crippen LogP contribution is 2.33. The summed E-state index contributed by atoms with van der Waals surface area (Å²) in [5, 5.41) is 0. The van der Waals surface area contributed by atoms with Crippen LogP contribution in [0.1, 0.15) is 28.8 Å². The molecule has 1 amide bonds. The highest BCUT2D eigenvalue weighted by Gasteiger charge is 2.44. The Morgan fingerprint density at radius 3 is 2.95 bits per heavy atom. The van der Waals surface area contributed by atoms with Gasteiger partial charge in [0.2, 0.25) is 0 Å². The number of aromatic nitrogens is 1. The first-order chi connectivity index (χ1) is 10.8. The molecule has 0 saturated carbocycles. The van der Waals surface area contributed by atoms with Gasteiger partial charge in [0, 0.05) is 44.1 Å². The van der Waals surface area contributed by atoms with E-state index in [0.29, 0.717) is 17.6 Å². The smallest absolute Gasteiger partial charge is 0.257 e. The highest BCUT2D eigenvalue weighted by molar-refractivity contribution is 5.94. The number of hydrogen-bond donors (Lipinski definition) is 0. The summed E-state index contributed by atoms with van der Waals surface area (Å²) in [4.78, 5) is 21.3. The van der Waals surface area contributed by atoms with Crippen molar-refractivity contribution in [3.8, 4) is 0 Å². The fourth-order valence-corrected chi connectivity index (χ4v) is 3.80. The van der Waals surface area contributed by atoms with Gasteiger partial charge in [0.15, 0.2) is 0 Å². The second-order valence-electron chi connectivity index (χ2n) is 6.05. The quantitative estimate of drug-likeness (QED) is 0.871. The van der Waals surface area contributed by atoms with Gasteiger partial charge in [0.05, 0.1) is 11.8 Å². The van der Waals surface area contributed by atoms with Crippen molar-refractivity contribution in [2.45, 2.75) is 31.5 Å². The summed E-state index contributed by atoms with van der Waals surface area (Å²) in [6.07, 6.45) is 8.93. The number of likely N-dealkylation sites (tertiary alicyclic amines) is 2. The van der Waals surface area contributed by atoms with Crippen LogP contribution in [0.25, 0.3) is 0 Å². The summed E-state index contributed by atoms with van der Waals surface area (Å²) in [5.74, 6) is 0.101. The van der Waals surface area contributed by atoms with Crippen LogP contribution in [0, 0.1) is 0 Å². The standard InChI is InChI=1S/C17H19N3O2/c21-17(14-5-9-22-12-14)20-8-4-15-16(20)3-7-19(15)11-13-2-1-6-18-10-13/h1-2,5-6,9-10,12,15-16H,3-4,7-8,11H2/t15-,16+/m0/s1. The van der Waals surface area contributed by atoms with Crippen molar-refractivity contribution in [1.29, 1.82) is 0 Å². The van der Waals surface area contributed by atoms with Crippen molar-refractivity contribution in [2.24, 2.45) is 0 Å². The van der Waals surface area contributed by atoms with E-state index in [2.05, 4.69) is 16.0 Å². The number of furan rings is 1. The Hall–Kier alpha value is -2.14. The highest BCUT2D eigenvalue weighted by atomic mass is 16.3. The first-order valence-corrected chi connectivity index (χ1v) is 7.79. The number of fused-ring (bicyclic) bond motifs is 1. The van der Waals surface area contributed by atoms with Gasteiger partial charge in [-0.25, -0.2) is 0 Å². The lowest BCUT2D eigenvalue weighted by molar-refractivity contribution is 0.0731. The van der Waals surface area contributed by atoms with Crippen LogP contribution in [0.5, 0.6) is 0 Å². The molecular weight excluding hydrogens is 278 g/mol. The largest absolute Gasteiger partial charge is 0.472 e. The first kappa shape index (κ1) is 13.5. The van der Waals surface area contributed by atoms with E-state index in [1.165, 1.54) is 11.8 Å². The van der Waals surface area contributed by atoms with Gasteiger partial charge < -0.3 is 9.32 Å². The third-order valence-electron chi connectivity index (χ3n) is 4.83. The predicted octanol–water partition coefficient (Wildman–Crippen LogP) is 2.16. The summed E-state index contributed by atoms with van der Waals surface area (Å²) in [5.41, 5.74) is 1.90. The van der Waals surface area contributed by atoms with E-state index < -0.39 is 0 Å². The number of hydrogen-bond acceptors (Lipinski definition) is 4. The van der Waals surface area contributed by atoms with Gasteiger partial charge in [-0.15, -0.1) is 0 Å². The Kier molecular flexibility index (Phi) is 3.42. The molecule has 2 atom stereocenters. The van der Waals surface area contributed by atoms with Gasteiger partial charge in [-0.05, 0) is 30.5 Å². The second-order valence-corrected chi connectivity index (χ2v) is 6.05. The van der Waals surface area contributed by atoms with Crippen LogP contribution >= 0.6 is 0 Å². The molecule has 2 saturated heterocycles. The number of carbonyl (C=O) groups is 1. The van der Waals surface area contributed by atoms with E-state index in [-0.39, 0.29) is 5.91 Å². The molecule has 4 heterocycles. The van der Waals surface area contributed by atoms with Gasteiger partial charge in [-0.1, -0.05) is 6.07 Å². The van der Waals surface area contributed by atoms with Crippen LogP contribution in [-0.2, 0) is 6.54 Å². The molecule has 0 aliphatic carbocycles. The van der Waals surface area contributed by atoms with Crippen LogP contribution in [0.3, 0.4) is 0 Å². The Bertz CT molecular complexity index is 641. The van der Waals surface area contributed by atoms with E-state index in [9.17, 15) is 4.79 Å². The SMILES string of the molecule is O=C(c1ccoc1)N1CC[C@H]2[C@H]1CCN2Cc1cccnc1. The molecule has 5 heteroatoms. The Morgan fingerprint density at radius 2 is 2.18 bits per heavy atom. The van der Waals surface area contributed by atoms with Crippen LogP contribution in [0.15, 0.2) is 47.5 Å². The molecule has 0 spiro atoms. The Labute approximate surface area is 129 Å². The minimum Gasteiger partial charge on any atom is -0.472 e. The molecule has 0 N–H and O–H groups in total. The van der Waals surface area contributed by atoms with Crippen LogP contribution in [0.4, 0.5) is 0 Å². The zero-order chi connectivity index (χ0) is 14.9. The normalized spacial score (nSPS) is 24.6. The summed E-state index contributed by atoms with van der Waals surface area (Å²) in [6.45, 7) is 2.80. The van der Waals surface area contributed by atoms with E-state index in [1.54, 1.807) is 18.5 Å². The third kappa shape index (κ3) is 2.31. The minimum atomic E-state index is 0.101. The molecule has 5 nitrogen and oxygen atoms in total. The zero-order valence-corrected chi connectivity index (χ0v) is 12.4. The molecule has 0 unspecified atom stereocenters. The molecule has 22 heavy (non-hydrogen) atoms. The zero-order valence-electron chi connectivity index (χ0n) is 12.4. The van der Waals surface area contributed by atoms with E-state index >= 15 is 0 Å². The molecule has 4 rings (SSSR count). The lowest BCUT2D eigenvalue weighted by Crippen LogP contribution is -2.39. The monoisotopic (exact) mass is 297 g/mol. The van der Waals surface area contributed by atoms with E-state index in [4.69, 9.17) is 4.42 Å². The van der Waals surface area contributed by atoms with Crippen LogP contribution in [0.2, 0.25) is 0 Å². The fraction of sp³-hybridized carbons (Fsp3) is 0.412. The average molecular weight is 297 g/mol. The van der Waals surface area contributed by atoms with Gasteiger partial charge in [-0.3, -0.25) is 14.7 Å². The van der Waals surface area contributed by atoms with Crippen molar-refractivity contribution >= 4 is 5.91 Å². The number of pyridine rings is 1. The van der Waals surface area contributed by atoms with E-state index in [0.717, 1.165) is 32.5 Å². The summed E-state index contributed by atoms with van der Waals surface area (Å²) >= 11 is 0. The maximum absolute atomic E-state index is 12.6. The molecule has 2 aliphatic heterocycles. The summed E-state index contributed by atoms with van der Waals surface area (Å²) in [6, 6.07) is 6.64. The Balaban J connectivity index is 1.46. The lowest BCUT2D eigenvalue weighted by Gasteiger charge is -2.25. The molecule has 2 fully saturated rings. The molecule has 2 aliphatic rings. The van der Waals surface area contributed by atoms with Gasteiger partial charge in [-0.2, -0.15) is 0 Å². The van der Waals surface area contributed by atoms with Gasteiger partial charge >= 0.3 is 0 Å². The van der Waals surface area contributed by atoms with Crippen molar-refractivity contribution in [2.75, 3.05) is 13.1 Å². The summed E-state index contributed by atoms with van der Waals surface area (Å²) in [7, 11) is 0. The van der Waals surface area contributed by atoms with Crippen molar-refractivity contribution < 1.29 is 9.21 Å². The molecule has 0 bridgehead atoms.